The first-order valence-corrected chi connectivity index (χ1v) is 13.7. The molecule has 1 aliphatic rings. The highest BCUT2D eigenvalue weighted by molar-refractivity contribution is 5.71. The van der Waals surface area contributed by atoms with Crippen molar-refractivity contribution >= 4 is 5.97 Å². The summed E-state index contributed by atoms with van der Waals surface area (Å²) in [7, 11) is 0. The quantitative estimate of drug-likeness (QED) is 0.313. The minimum absolute atomic E-state index is 0.177. The molecule has 7 heteroatoms. The maximum atomic E-state index is 12.9. The van der Waals surface area contributed by atoms with Gasteiger partial charge in [0.05, 0.1) is 25.9 Å². The van der Waals surface area contributed by atoms with Gasteiger partial charge in [0.2, 0.25) is 5.79 Å². The molecule has 0 spiro atoms. The van der Waals surface area contributed by atoms with E-state index in [2.05, 4.69) is 0 Å². The summed E-state index contributed by atoms with van der Waals surface area (Å²) < 4.78 is 30.9. The van der Waals surface area contributed by atoms with E-state index < -0.39 is 48.2 Å². The summed E-state index contributed by atoms with van der Waals surface area (Å²) >= 11 is 0. The first kappa shape index (κ1) is 29.9. The van der Waals surface area contributed by atoms with Crippen LogP contribution < -0.4 is 0 Å². The average molecular weight is 549 g/mol. The Morgan fingerprint density at radius 3 is 1.62 bits per heavy atom. The number of rotatable bonds is 11. The SMILES string of the molecule is C[C@@H]1O[C@](O)(CC(=O)OC(C)(C)C)[C@@H](OCc2ccccc2)[C@H](OCc2ccccc2)[C@@H]1OCc1ccccc1. The van der Waals surface area contributed by atoms with Crippen LogP contribution in [0.2, 0.25) is 0 Å². The molecule has 0 radical (unpaired) electrons. The number of hydrogen-bond donors (Lipinski definition) is 1. The van der Waals surface area contributed by atoms with Crippen LogP contribution in [0.3, 0.4) is 0 Å². The van der Waals surface area contributed by atoms with Crippen LogP contribution in [0, 0.1) is 0 Å². The summed E-state index contributed by atoms with van der Waals surface area (Å²) in [6.07, 6.45) is -3.45. The number of hydrogen-bond acceptors (Lipinski definition) is 7. The van der Waals surface area contributed by atoms with Crippen LogP contribution in [0.1, 0.15) is 50.8 Å². The van der Waals surface area contributed by atoms with E-state index in [4.69, 9.17) is 23.7 Å². The first-order chi connectivity index (χ1) is 19.1. The summed E-state index contributed by atoms with van der Waals surface area (Å²) in [6.45, 7) is 7.90. The molecule has 0 bridgehead atoms. The van der Waals surface area contributed by atoms with Gasteiger partial charge in [-0.2, -0.15) is 0 Å². The summed E-state index contributed by atoms with van der Waals surface area (Å²) in [5.41, 5.74) is 2.14. The Morgan fingerprint density at radius 1 is 0.750 bits per heavy atom. The van der Waals surface area contributed by atoms with Gasteiger partial charge in [-0.3, -0.25) is 4.79 Å². The molecule has 0 amide bonds. The van der Waals surface area contributed by atoms with Crippen LogP contribution in [0.25, 0.3) is 0 Å². The predicted octanol–water partition coefficient (Wildman–Crippen LogP) is 5.58. The van der Waals surface area contributed by atoms with Gasteiger partial charge in [-0.15, -0.1) is 0 Å². The van der Waals surface area contributed by atoms with Gasteiger partial charge in [-0.05, 0) is 44.4 Å². The molecule has 1 aliphatic heterocycles. The molecule has 4 rings (SSSR count). The third kappa shape index (κ3) is 8.46. The van der Waals surface area contributed by atoms with Crippen molar-refractivity contribution in [1.29, 1.82) is 0 Å². The van der Waals surface area contributed by atoms with E-state index in [1.807, 2.05) is 97.9 Å². The third-order valence-corrected chi connectivity index (χ3v) is 6.58. The molecule has 3 aromatic rings. The van der Waals surface area contributed by atoms with Gasteiger partial charge in [0.15, 0.2) is 0 Å². The highest BCUT2D eigenvalue weighted by atomic mass is 16.7. The lowest BCUT2D eigenvalue weighted by atomic mass is 9.90. The van der Waals surface area contributed by atoms with Gasteiger partial charge in [-0.25, -0.2) is 0 Å². The fourth-order valence-electron chi connectivity index (χ4n) is 4.81. The monoisotopic (exact) mass is 548 g/mol. The van der Waals surface area contributed by atoms with E-state index in [0.29, 0.717) is 6.61 Å². The van der Waals surface area contributed by atoms with Gasteiger partial charge in [0.1, 0.15) is 30.3 Å². The van der Waals surface area contributed by atoms with Crippen molar-refractivity contribution in [3.63, 3.8) is 0 Å². The Bertz CT molecular complexity index is 1180. The van der Waals surface area contributed by atoms with Gasteiger partial charge in [-0.1, -0.05) is 91.0 Å². The van der Waals surface area contributed by atoms with Crippen molar-refractivity contribution < 1.29 is 33.6 Å². The molecule has 1 fully saturated rings. The van der Waals surface area contributed by atoms with Crippen LogP contribution in [0.5, 0.6) is 0 Å². The van der Waals surface area contributed by atoms with Crippen LogP contribution in [0.15, 0.2) is 91.0 Å². The molecule has 0 unspecified atom stereocenters. The number of carbonyl (C=O) groups excluding carboxylic acids is 1. The zero-order chi connectivity index (χ0) is 28.6. The number of aliphatic hydroxyl groups is 1. The topological polar surface area (TPSA) is 83.5 Å². The molecule has 0 aliphatic carbocycles. The minimum atomic E-state index is -2.01. The Kier molecular flexibility index (Phi) is 10.1. The fourth-order valence-corrected chi connectivity index (χ4v) is 4.81. The van der Waals surface area contributed by atoms with Crippen LogP contribution in [0.4, 0.5) is 0 Å². The maximum Gasteiger partial charge on any atom is 0.311 e. The lowest BCUT2D eigenvalue weighted by Crippen LogP contribution is -2.66. The normalized spacial score (nSPS) is 24.9. The molecule has 5 atom stereocenters. The lowest BCUT2D eigenvalue weighted by Gasteiger charge is -2.49. The maximum absolute atomic E-state index is 12.9. The lowest BCUT2D eigenvalue weighted by molar-refractivity contribution is -0.363. The zero-order valence-electron chi connectivity index (χ0n) is 23.7. The summed E-state index contributed by atoms with van der Waals surface area (Å²) in [6, 6.07) is 29.2. The van der Waals surface area contributed by atoms with E-state index >= 15 is 0 Å². The predicted molar refractivity (Wildman–Crippen MR) is 151 cm³/mol. The highest BCUT2D eigenvalue weighted by Crippen LogP contribution is 2.37. The fraction of sp³-hybridized carbons (Fsp3) is 0.424. The van der Waals surface area contributed by atoms with Gasteiger partial charge < -0.3 is 28.8 Å². The second-order valence-corrected chi connectivity index (χ2v) is 11.2. The molecule has 3 aromatic carbocycles. The number of carbonyl (C=O) groups is 1. The smallest absolute Gasteiger partial charge is 0.311 e. The van der Waals surface area contributed by atoms with E-state index in [0.717, 1.165) is 16.7 Å². The minimum Gasteiger partial charge on any atom is -0.460 e. The van der Waals surface area contributed by atoms with E-state index in [1.165, 1.54) is 0 Å². The standard InChI is InChI=1S/C33H40O7/c1-24-29(36-21-25-14-8-5-9-15-25)30(37-22-26-16-10-6-11-17-26)31(38-23-27-18-12-7-13-19-27)33(35,39-24)20-28(34)40-32(2,3)4/h5-19,24,29-31,35H,20-23H2,1-4H3/t24-,29+,30+,31-,33+/m0/s1. The molecular formula is C33H40O7. The van der Waals surface area contributed by atoms with Crippen LogP contribution in [-0.4, -0.2) is 46.9 Å². The summed E-state index contributed by atoms with van der Waals surface area (Å²) in [5.74, 6) is -2.61. The van der Waals surface area contributed by atoms with Crippen molar-refractivity contribution in [3.8, 4) is 0 Å². The summed E-state index contributed by atoms with van der Waals surface area (Å²) in [4.78, 5) is 12.9. The molecule has 1 saturated heterocycles. The molecular weight excluding hydrogens is 508 g/mol. The van der Waals surface area contributed by atoms with Crippen molar-refractivity contribution in [3.05, 3.63) is 108 Å². The summed E-state index contributed by atoms with van der Waals surface area (Å²) in [5, 5.41) is 11.9. The van der Waals surface area contributed by atoms with Gasteiger partial charge >= 0.3 is 5.97 Å². The molecule has 1 N–H and O–H groups in total. The third-order valence-electron chi connectivity index (χ3n) is 6.58. The largest absolute Gasteiger partial charge is 0.460 e. The van der Waals surface area contributed by atoms with Crippen LogP contribution >= 0.6 is 0 Å². The zero-order valence-corrected chi connectivity index (χ0v) is 23.7. The van der Waals surface area contributed by atoms with Crippen molar-refractivity contribution in [1.82, 2.24) is 0 Å². The molecule has 40 heavy (non-hydrogen) atoms. The second kappa shape index (κ2) is 13.5. The number of esters is 1. The van der Waals surface area contributed by atoms with Crippen LogP contribution in [-0.2, 0) is 48.3 Å². The van der Waals surface area contributed by atoms with Gasteiger partial charge in [0, 0.05) is 0 Å². The Labute approximate surface area is 237 Å². The second-order valence-electron chi connectivity index (χ2n) is 11.2. The average Bonchev–Trinajstić information content (AvgIpc) is 2.91. The molecule has 7 nitrogen and oxygen atoms in total. The highest BCUT2D eigenvalue weighted by Gasteiger charge is 2.56. The Balaban J connectivity index is 1.64. The van der Waals surface area contributed by atoms with E-state index in [-0.39, 0.29) is 13.2 Å². The number of ether oxygens (including phenoxy) is 5. The van der Waals surface area contributed by atoms with Gasteiger partial charge in [0.25, 0.3) is 0 Å². The van der Waals surface area contributed by atoms with Crippen molar-refractivity contribution in [2.75, 3.05) is 0 Å². The Morgan fingerprint density at radius 2 is 1.18 bits per heavy atom. The van der Waals surface area contributed by atoms with Crippen molar-refractivity contribution in [2.45, 2.75) is 89.7 Å². The molecule has 214 valence electrons. The molecule has 1 heterocycles. The van der Waals surface area contributed by atoms with E-state index in [1.54, 1.807) is 20.8 Å². The Hall–Kier alpha value is -3.07. The van der Waals surface area contributed by atoms with Crippen molar-refractivity contribution in [2.24, 2.45) is 0 Å². The molecule has 0 saturated carbocycles. The first-order valence-electron chi connectivity index (χ1n) is 13.7. The molecule has 0 aromatic heterocycles. The van der Waals surface area contributed by atoms with E-state index in [9.17, 15) is 9.90 Å². The number of benzene rings is 3.